The molecule has 3 aromatic carbocycles. The molecule has 0 amide bonds. The minimum atomic E-state index is -1.09. The highest BCUT2D eigenvalue weighted by Gasteiger charge is 2.83. The number of halogens is 2. The van der Waals surface area contributed by atoms with Gasteiger partial charge in [0, 0.05) is 17.0 Å². The molecule has 3 aromatic rings. The Balaban J connectivity index is 1.71. The molecule has 0 radical (unpaired) electrons. The monoisotopic (exact) mass is 426 g/mol. The number of hydrogen-bond donors (Lipinski definition) is 0. The van der Waals surface area contributed by atoms with Crippen LogP contribution in [0.25, 0.3) is 0 Å². The summed E-state index contributed by atoms with van der Waals surface area (Å²) in [5, 5.41) is 0. The number of benzene rings is 3. The first-order valence-corrected chi connectivity index (χ1v) is 10.2. The Bertz CT molecular complexity index is 1070. The lowest BCUT2D eigenvalue weighted by molar-refractivity contribution is 0.137. The quantitative estimate of drug-likeness (QED) is 0.484. The highest BCUT2D eigenvalue weighted by atomic mass is 35.5. The van der Waals surface area contributed by atoms with E-state index < -0.39 is 9.93 Å². The van der Waals surface area contributed by atoms with E-state index in [1.165, 1.54) is 5.56 Å². The van der Waals surface area contributed by atoms with E-state index in [-0.39, 0.29) is 11.8 Å². The average molecular weight is 427 g/mol. The molecule has 148 valence electrons. The van der Waals surface area contributed by atoms with Gasteiger partial charge in [-0.25, -0.2) is 0 Å². The number of para-hydroxylation sites is 1. The maximum absolute atomic E-state index is 6.98. The molecule has 5 rings (SSSR count). The number of fused-ring (bicyclic) bond motifs is 2. The minimum absolute atomic E-state index is 0.0178. The van der Waals surface area contributed by atoms with Crippen molar-refractivity contribution >= 4 is 23.2 Å². The van der Waals surface area contributed by atoms with Crippen molar-refractivity contribution in [2.45, 2.75) is 15.9 Å². The van der Waals surface area contributed by atoms with Crippen LogP contribution < -0.4 is 14.2 Å². The fraction of sp³-hybridized carbons (Fsp3) is 0.250. The predicted molar refractivity (Wildman–Crippen MR) is 115 cm³/mol. The van der Waals surface area contributed by atoms with Crippen LogP contribution in [0.5, 0.6) is 17.2 Å². The predicted octanol–water partition coefficient (Wildman–Crippen LogP) is 5.93. The third kappa shape index (κ3) is 2.50. The van der Waals surface area contributed by atoms with Gasteiger partial charge in [-0.05, 0) is 23.8 Å². The summed E-state index contributed by atoms with van der Waals surface area (Å²) in [5.41, 5.74) is 2.27. The van der Waals surface area contributed by atoms with E-state index in [0.717, 1.165) is 16.9 Å². The van der Waals surface area contributed by atoms with Crippen molar-refractivity contribution in [1.82, 2.24) is 0 Å². The van der Waals surface area contributed by atoms with Crippen molar-refractivity contribution in [3.05, 3.63) is 89.5 Å². The number of methoxy groups -OCH3 is 2. The molecule has 1 saturated carbocycles. The van der Waals surface area contributed by atoms with Crippen molar-refractivity contribution in [3.8, 4) is 17.2 Å². The highest BCUT2D eigenvalue weighted by Crippen LogP contribution is 2.77. The second kappa shape index (κ2) is 6.58. The zero-order chi connectivity index (χ0) is 20.2. The second-order valence-electron chi connectivity index (χ2n) is 7.43. The Labute approximate surface area is 180 Å². The molecule has 0 spiro atoms. The van der Waals surface area contributed by atoms with Crippen molar-refractivity contribution in [2.75, 3.05) is 14.2 Å². The first-order chi connectivity index (χ1) is 14.0. The van der Waals surface area contributed by atoms with Crippen molar-refractivity contribution in [3.63, 3.8) is 0 Å². The van der Waals surface area contributed by atoms with Crippen LogP contribution in [0, 0.1) is 5.92 Å². The summed E-state index contributed by atoms with van der Waals surface area (Å²) in [6.07, 6.45) is 0. The van der Waals surface area contributed by atoms with Crippen molar-refractivity contribution in [1.29, 1.82) is 0 Å². The maximum Gasteiger partial charge on any atom is 0.174 e. The molecule has 0 saturated heterocycles. The average Bonchev–Trinajstić information content (AvgIpc) is 3.27. The Kier molecular flexibility index (Phi) is 4.23. The first-order valence-electron chi connectivity index (χ1n) is 9.48. The van der Waals surface area contributed by atoms with Gasteiger partial charge in [-0.3, -0.25) is 0 Å². The molecule has 3 nitrogen and oxygen atoms in total. The zero-order valence-electron chi connectivity index (χ0n) is 16.1. The fourth-order valence-corrected chi connectivity index (χ4v) is 5.68. The molecule has 0 aromatic heterocycles. The molecular formula is C24H20Cl2O3. The molecule has 3 atom stereocenters. The van der Waals surface area contributed by atoms with E-state index in [2.05, 4.69) is 18.2 Å². The van der Waals surface area contributed by atoms with Crippen LogP contribution >= 0.6 is 23.2 Å². The molecule has 0 bridgehead atoms. The molecular weight excluding hydrogens is 407 g/mol. The van der Waals surface area contributed by atoms with Gasteiger partial charge in [0.2, 0.25) is 0 Å². The normalized spacial score (nSPS) is 25.9. The molecule has 1 fully saturated rings. The summed E-state index contributed by atoms with van der Waals surface area (Å²) in [4.78, 5) is 0. The van der Waals surface area contributed by atoms with E-state index >= 15 is 0 Å². The molecule has 3 unspecified atom stereocenters. The lowest BCUT2D eigenvalue weighted by Crippen LogP contribution is -2.28. The number of rotatable bonds is 4. The van der Waals surface area contributed by atoms with Crippen LogP contribution in [0.4, 0.5) is 0 Å². The lowest BCUT2D eigenvalue weighted by Gasteiger charge is -2.32. The van der Waals surface area contributed by atoms with Crippen molar-refractivity contribution in [2.24, 2.45) is 5.92 Å². The Morgan fingerprint density at radius 2 is 1.52 bits per heavy atom. The van der Waals surface area contributed by atoms with E-state index in [1.54, 1.807) is 14.2 Å². The molecule has 0 N–H and O–H groups in total. The molecule has 1 aliphatic carbocycles. The SMILES string of the molecule is COc1ccc(C23Oc4ccccc4C(c4ccccc4)C2C3(Cl)Cl)cc1OC. The van der Waals surface area contributed by atoms with Crippen molar-refractivity contribution < 1.29 is 14.2 Å². The Morgan fingerprint density at radius 3 is 2.24 bits per heavy atom. The summed E-state index contributed by atoms with van der Waals surface area (Å²) in [5.74, 6) is 1.94. The number of alkyl halides is 2. The van der Waals surface area contributed by atoms with Crippen LogP contribution in [0.1, 0.15) is 22.6 Å². The van der Waals surface area contributed by atoms with E-state index in [0.29, 0.717) is 11.5 Å². The van der Waals surface area contributed by atoms with Gasteiger partial charge in [-0.1, -0.05) is 77.8 Å². The smallest absolute Gasteiger partial charge is 0.174 e. The second-order valence-corrected chi connectivity index (χ2v) is 8.82. The largest absolute Gasteiger partial charge is 0.493 e. The van der Waals surface area contributed by atoms with Crippen LogP contribution in [0.3, 0.4) is 0 Å². The molecule has 2 aliphatic rings. The van der Waals surface area contributed by atoms with E-state index in [1.807, 2.05) is 54.6 Å². The topological polar surface area (TPSA) is 27.7 Å². The van der Waals surface area contributed by atoms with Gasteiger partial charge in [0.1, 0.15) is 5.75 Å². The standard InChI is InChI=1S/C24H20Cl2O3/c1-27-19-13-12-16(14-20(19)28-2)23-22(24(23,25)26)21(15-8-4-3-5-9-15)17-10-6-7-11-18(17)29-23/h3-14,21-22H,1-2H3. The molecule has 1 heterocycles. The van der Waals surface area contributed by atoms with Gasteiger partial charge >= 0.3 is 0 Å². The summed E-state index contributed by atoms with van der Waals surface area (Å²) in [6, 6.07) is 24.1. The summed E-state index contributed by atoms with van der Waals surface area (Å²) >= 11 is 14.0. The van der Waals surface area contributed by atoms with E-state index in [9.17, 15) is 0 Å². The van der Waals surface area contributed by atoms with Gasteiger partial charge in [-0.2, -0.15) is 0 Å². The Hall–Kier alpha value is -2.36. The summed E-state index contributed by atoms with van der Waals surface area (Å²) in [7, 11) is 3.23. The third-order valence-electron chi connectivity index (χ3n) is 6.07. The minimum Gasteiger partial charge on any atom is -0.493 e. The fourth-order valence-electron chi connectivity index (χ4n) is 4.70. The number of ether oxygens (including phenoxy) is 3. The van der Waals surface area contributed by atoms with Gasteiger partial charge < -0.3 is 14.2 Å². The van der Waals surface area contributed by atoms with Crippen LogP contribution in [0.15, 0.2) is 72.8 Å². The van der Waals surface area contributed by atoms with Gasteiger partial charge in [-0.15, -0.1) is 0 Å². The highest BCUT2D eigenvalue weighted by molar-refractivity contribution is 6.52. The molecule has 29 heavy (non-hydrogen) atoms. The van der Waals surface area contributed by atoms with Gasteiger partial charge in [0.15, 0.2) is 21.4 Å². The summed E-state index contributed by atoms with van der Waals surface area (Å²) < 4.78 is 16.4. The van der Waals surface area contributed by atoms with Crippen LogP contribution in [-0.4, -0.2) is 18.6 Å². The van der Waals surface area contributed by atoms with Crippen LogP contribution in [-0.2, 0) is 5.60 Å². The zero-order valence-corrected chi connectivity index (χ0v) is 17.6. The third-order valence-corrected chi connectivity index (χ3v) is 7.10. The number of hydrogen-bond acceptors (Lipinski definition) is 3. The Morgan fingerprint density at radius 1 is 0.828 bits per heavy atom. The summed E-state index contributed by atoms with van der Waals surface area (Å²) in [6.45, 7) is 0. The van der Waals surface area contributed by atoms with Crippen LogP contribution in [0.2, 0.25) is 0 Å². The molecule has 1 aliphatic heterocycles. The van der Waals surface area contributed by atoms with Gasteiger partial charge in [0.05, 0.1) is 20.1 Å². The molecule has 5 heteroatoms. The maximum atomic E-state index is 6.98. The van der Waals surface area contributed by atoms with Gasteiger partial charge in [0.25, 0.3) is 0 Å². The van der Waals surface area contributed by atoms with E-state index in [4.69, 9.17) is 37.4 Å². The lowest BCUT2D eigenvalue weighted by atomic mass is 9.82. The first kappa shape index (κ1) is 18.7.